The van der Waals surface area contributed by atoms with E-state index >= 15 is 4.39 Å². The van der Waals surface area contributed by atoms with E-state index in [-0.39, 0.29) is 19.1 Å². The van der Waals surface area contributed by atoms with Crippen molar-refractivity contribution >= 4 is 17.8 Å². The van der Waals surface area contributed by atoms with E-state index in [0.29, 0.717) is 17.7 Å². The predicted molar refractivity (Wildman–Crippen MR) is 136 cm³/mol. The topological polar surface area (TPSA) is 84.9 Å². The van der Waals surface area contributed by atoms with Crippen LogP contribution in [-0.4, -0.2) is 60.3 Å². The van der Waals surface area contributed by atoms with Crippen LogP contribution >= 0.6 is 0 Å². The van der Waals surface area contributed by atoms with Gasteiger partial charge in [0.05, 0.1) is 23.2 Å². The van der Waals surface area contributed by atoms with Crippen molar-refractivity contribution in [2.45, 2.75) is 37.8 Å². The van der Waals surface area contributed by atoms with Crippen molar-refractivity contribution in [3.8, 4) is 0 Å². The Morgan fingerprint density at radius 3 is 1.92 bits per heavy atom. The number of carbonyl (C=O) groups excluding carboxylic acids is 3. The lowest BCUT2D eigenvalue weighted by atomic mass is 10.1. The molecule has 0 bridgehead atoms. The number of benzene rings is 3. The third-order valence-corrected chi connectivity index (χ3v) is 6.33. The van der Waals surface area contributed by atoms with Gasteiger partial charge in [-0.3, -0.25) is 9.69 Å². The predicted octanol–water partition coefficient (Wildman–Crippen LogP) is 3.80. The first-order valence-electron chi connectivity index (χ1n) is 12.1. The molecular formula is C29H29FN2O5. The fourth-order valence-electron chi connectivity index (χ4n) is 4.47. The maximum Gasteiger partial charge on any atom is 0.338 e. The number of hydrogen-bond acceptors (Lipinski definition) is 6. The molecule has 1 amide bonds. The second-order valence-corrected chi connectivity index (χ2v) is 8.87. The largest absolute Gasteiger partial charge is 0.460 e. The van der Waals surface area contributed by atoms with Gasteiger partial charge >= 0.3 is 11.9 Å². The second kappa shape index (κ2) is 12.3. The molecule has 1 aliphatic rings. The summed E-state index contributed by atoms with van der Waals surface area (Å²) < 4.78 is 27.3. The van der Waals surface area contributed by atoms with Crippen LogP contribution in [0.1, 0.15) is 33.2 Å². The van der Waals surface area contributed by atoms with Gasteiger partial charge in [0.1, 0.15) is 6.61 Å². The van der Waals surface area contributed by atoms with Crippen molar-refractivity contribution in [2.75, 3.05) is 13.2 Å². The third-order valence-electron chi connectivity index (χ3n) is 6.33. The highest BCUT2D eigenvalue weighted by Crippen LogP contribution is 2.32. The lowest BCUT2D eigenvalue weighted by Gasteiger charge is -2.30. The molecule has 1 heterocycles. The van der Waals surface area contributed by atoms with Crippen molar-refractivity contribution in [3.05, 3.63) is 108 Å². The number of nitrogens with one attached hydrogen (secondary N) is 1. The van der Waals surface area contributed by atoms with Crippen LogP contribution in [0.15, 0.2) is 91.0 Å². The molecule has 1 aliphatic heterocycles. The van der Waals surface area contributed by atoms with Crippen LogP contribution in [-0.2, 0) is 20.8 Å². The number of nitrogens with zero attached hydrogens (tertiary/aromatic N) is 1. The molecule has 0 unspecified atom stereocenters. The summed E-state index contributed by atoms with van der Waals surface area (Å²) in [6.45, 7) is 1.47. The third kappa shape index (κ3) is 6.59. The van der Waals surface area contributed by atoms with Gasteiger partial charge in [0.2, 0.25) is 5.91 Å². The number of ether oxygens (including phenoxy) is 2. The zero-order valence-corrected chi connectivity index (χ0v) is 20.5. The molecule has 8 heteroatoms. The van der Waals surface area contributed by atoms with Crippen LogP contribution < -0.4 is 5.32 Å². The van der Waals surface area contributed by atoms with Gasteiger partial charge < -0.3 is 14.8 Å². The lowest BCUT2D eigenvalue weighted by Crippen LogP contribution is -2.47. The molecule has 3 aromatic rings. The summed E-state index contributed by atoms with van der Waals surface area (Å²) >= 11 is 0. The summed E-state index contributed by atoms with van der Waals surface area (Å²) in [7, 11) is 0. The summed E-state index contributed by atoms with van der Waals surface area (Å²) in [5.74, 6) is -1.53. The molecule has 0 spiro atoms. The van der Waals surface area contributed by atoms with Gasteiger partial charge in [0, 0.05) is 20.0 Å². The zero-order valence-electron chi connectivity index (χ0n) is 20.5. The van der Waals surface area contributed by atoms with E-state index in [9.17, 15) is 14.4 Å². The number of hydrogen-bond donors (Lipinski definition) is 1. The van der Waals surface area contributed by atoms with E-state index < -0.39 is 36.3 Å². The van der Waals surface area contributed by atoms with Crippen LogP contribution in [0.4, 0.5) is 4.39 Å². The Morgan fingerprint density at radius 1 is 0.811 bits per heavy atom. The number of carbonyl (C=O) groups is 3. The van der Waals surface area contributed by atoms with Crippen molar-refractivity contribution in [3.63, 3.8) is 0 Å². The van der Waals surface area contributed by atoms with Gasteiger partial charge in [-0.15, -0.1) is 0 Å². The molecule has 0 saturated carbocycles. The van der Waals surface area contributed by atoms with E-state index in [1.165, 1.54) is 6.92 Å². The van der Waals surface area contributed by atoms with Crippen molar-refractivity contribution < 1.29 is 28.2 Å². The molecule has 0 radical (unpaired) electrons. The maximum atomic E-state index is 16.1. The van der Waals surface area contributed by atoms with Gasteiger partial charge in [-0.2, -0.15) is 0 Å². The van der Waals surface area contributed by atoms with Crippen LogP contribution in [0.2, 0.25) is 0 Å². The van der Waals surface area contributed by atoms with Crippen molar-refractivity contribution in [2.24, 2.45) is 0 Å². The first-order valence-corrected chi connectivity index (χ1v) is 12.1. The smallest absolute Gasteiger partial charge is 0.338 e. The SMILES string of the molecule is CC(=O)NC[C@@H]1[C@@H](OC(=O)c2ccccc2)[C@@H](F)[C@@H](COC(=O)c2ccccc2)N1Cc1ccccc1. The van der Waals surface area contributed by atoms with Gasteiger partial charge in [-0.1, -0.05) is 66.7 Å². The van der Waals surface area contributed by atoms with Gasteiger partial charge in [0.25, 0.3) is 0 Å². The second-order valence-electron chi connectivity index (χ2n) is 8.87. The minimum atomic E-state index is -1.67. The quantitative estimate of drug-likeness (QED) is 0.447. The van der Waals surface area contributed by atoms with E-state index in [4.69, 9.17) is 9.47 Å². The molecule has 4 atom stereocenters. The molecule has 4 rings (SSSR count). The minimum Gasteiger partial charge on any atom is -0.460 e. The number of amides is 1. The number of likely N-dealkylation sites (tertiary alicyclic amines) is 1. The molecule has 192 valence electrons. The molecule has 7 nitrogen and oxygen atoms in total. The molecule has 0 aromatic heterocycles. The number of alkyl halides is 1. The highest BCUT2D eigenvalue weighted by Gasteiger charge is 2.52. The number of halogens is 1. The van der Waals surface area contributed by atoms with Gasteiger partial charge in [0.15, 0.2) is 12.3 Å². The van der Waals surface area contributed by atoms with Crippen LogP contribution in [0.5, 0.6) is 0 Å². The van der Waals surface area contributed by atoms with Crippen LogP contribution in [0, 0.1) is 0 Å². The van der Waals surface area contributed by atoms with Crippen LogP contribution in [0.25, 0.3) is 0 Å². The Bertz CT molecular complexity index is 1190. The molecule has 1 N–H and O–H groups in total. The summed E-state index contributed by atoms with van der Waals surface area (Å²) in [6.07, 6.45) is -2.86. The Morgan fingerprint density at radius 2 is 1.35 bits per heavy atom. The van der Waals surface area contributed by atoms with Crippen molar-refractivity contribution in [1.29, 1.82) is 0 Å². The summed E-state index contributed by atoms with van der Waals surface area (Å²) in [5, 5.41) is 2.73. The number of rotatable bonds is 9. The van der Waals surface area contributed by atoms with Gasteiger partial charge in [-0.25, -0.2) is 14.0 Å². The summed E-state index contributed by atoms with van der Waals surface area (Å²) in [6, 6.07) is 24.6. The monoisotopic (exact) mass is 504 g/mol. The Kier molecular flexibility index (Phi) is 8.64. The molecule has 1 saturated heterocycles. The van der Waals surface area contributed by atoms with E-state index in [1.54, 1.807) is 65.6 Å². The first-order chi connectivity index (χ1) is 17.9. The van der Waals surface area contributed by atoms with E-state index in [2.05, 4.69) is 5.32 Å². The molecule has 1 fully saturated rings. The average molecular weight is 505 g/mol. The van der Waals surface area contributed by atoms with Gasteiger partial charge in [-0.05, 0) is 29.8 Å². The first kappa shape index (κ1) is 26.0. The fourth-order valence-corrected chi connectivity index (χ4v) is 4.47. The molecule has 37 heavy (non-hydrogen) atoms. The maximum absolute atomic E-state index is 16.1. The normalized spacial score (nSPS) is 21.2. The highest BCUT2D eigenvalue weighted by atomic mass is 19.1. The van der Waals surface area contributed by atoms with Crippen molar-refractivity contribution in [1.82, 2.24) is 10.2 Å². The lowest BCUT2D eigenvalue weighted by molar-refractivity contribution is -0.119. The van der Waals surface area contributed by atoms with Crippen LogP contribution in [0.3, 0.4) is 0 Å². The highest BCUT2D eigenvalue weighted by molar-refractivity contribution is 5.90. The standard InChI is InChI=1S/C29H29FN2O5/c1-20(33)31-17-24-27(37-29(35)23-15-9-4-10-16-23)26(30)25(32(24)18-21-11-5-2-6-12-21)19-36-28(34)22-13-7-3-8-14-22/h2-16,24-27H,17-19H2,1H3,(H,31,33)/t24-,25-,26+,27-/m1/s1. The molecular weight excluding hydrogens is 475 g/mol. The Labute approximate surface area is 215 Å². The Hall–Kier alpha value is -4.04. The molecule has 0 aliphatic carbocycles. The summed E-state index contributed by atoms with van der Waals surface area (Å²) in [5.41, 5.74) is 1.55. The Balaban J connectivity index is 1.61. The van der Waals surface area contributed by atoms with E-state index in [0.717, 1.165) is 5.56 Å². The number of esters is 2. The van der Waals surface area contributed by atoms with E-state index in [1.807, 2.05) is 30.3 Å². The average Bonchev–Trinajstić information content (AvgIpc) is 3.16. The summed E-state index contributed by atoms with van der Waals surface area (Å²) in [4.78, 5) is 39.0. The minimum absolute atomic E-state index is 0.0540. The molecule has 3 aromatic carbocycles. The fraction of sp³-hybridized carbons (Fsp3) is 0.276. The zero-order chi connectivity index (χ0) is 26.2.